The number of aliphatic hydroxyl groups excluding tert-OH is 4. The molecule has 0 radical (unpaired) electrons. The van der Waals surface area contributed by atoms with E-state index in [9.17, 15) is 35.4 Å². The Balaban J connectivity index is 1.96. The van der Waals surface area contributed by atoms with Crippen LogP contribution in [0.4, 0.5) is 0 Å². The number of methoxy groups -OCH3 is 4. The molecule has 0 amide bonds. The highest BCUT2D eigenvalue weighted by Gasteiger charge is 2.46. The van der Waals surface area contributed by atoms with Crippen LogP contribution >= 0.6 is 0 Å². The van der Waals surface area contributed by atoms with Crippen LogP contribution in [-0.2, 0) is 4.74 Å². The third-order valence-electron chi connectivity index (χ3n) is 6.45. The van der Waals surface area contributed by atoms with Crippen LogP contribution in [0.3, 0.4) is 0 Å². The summed E-state index contributed by atoms with van der Waals surface area (Å²) in [5.41, 5.74) is -1.25. The molecule has 13 nitrogen and oxygen atoms in total. The SMILES string of the molecule is COc1cc(-c2cc(=O)c3c(O)c(C4OC(CO)C(O)C(O)C4O)c(O)c(OC)c3o2)cc(OC)c1OC. The van der Waals surface area contributed by atoms with E-state index in [-0.39, 0.29) is 28.6 Å². The van der Waals surface area contributed by atoms with Crippen LogP contribution in [0, 0.1) is 0 Å². The number of benzene rings is 2. The first-order chi connectivity index (χ1) is 18.1. The molecular formula is C25H28O13. The Kier molecular flexibility index (Phi) is 7.58. The standard InChI is InChI=1S/C25H28O13/c1-33-12-5-9(6-13(34-2)22(12)35-3)11-7-10(27)15-18(29)16(19(30)25(36-4)24(15)37-11)23-21(32)20(31)17(28)14(8-26)38-23/h5-7,14,17,20-21,23,26,28-32H,8H2,1-4H3. The molecular weight excluding hydrogens is 508 g/mol. The number of rotatable bonds is 7. The first-order valence-corrected chi connectivity index (χ1v) is 11.3. The lowest BCUT2D eigenvalue weighted by Crippen LogP contribution is -2.55. The maximum absolute atomic E-state index is 13.3. The van der Waals surface area contributed by atoms with E-state index in [1.807, 2.05) is 0 Å². The smallest absolute Gasteiger partial charge is 0.205 e. The summed E-state index contributed by atoms with van der Waals surface area (Å²) in [7, 11) is 5.43. The van der Waals surface area contributed by atoms with Crippen molar-refractivity contribution in [2.45, 2.75) is 30.5 Å². The molecule has 13 heteroatoms. The minimum Gasteiger partial charge on any atom is -0.506 e. The van der Waals surface area contributed by atoms with E-state index >= 15 is 0 Å². The quantitative estimate of drug-likeness (QED) is 0.243. The van der Waals surface area contributed by atoms with Gasteiger partial charge in [0.2, 0.25) is 11.5 Å². The van der Waals surface area contributed by atoms with E-state index in [2.05, 4.69) is 0 Å². The molecule has 1 aliphatic rings. The predicted octanol–water partition coefficient (Wildman–Crippen LogP) is 0.420. The number of phenols is 2. The van der Waals surface area contributed by atoms with Crippen LogP contribution in [0.5, 0.6) is 34.5 Å². The summed E-state index contributed by atoms with van der Waals surface area (Å²) < 4.78 is 32.7. The number of aromatic hydroxyl groups is 2. The molecule has 1 aliphatic heterocycles. The molecule has 0 spiro atoms. The molecule has 0 saturated carbocycles. The maximum atomic E-state index is 13.3. The van der Waals surface area contributed by atoms with Crippen molar-refractivity contribution in [2.75, 3.05) is 35.0 Å². The topological polar surface area (TPSA) is 198 Å². The fourth-order valence-corrected chi connectivity index (χ4v) is 4.52. The number of hydrogen-bond donors (Lipinski definition) is 6. The van der Waals surface area contributed by atoms with Crippen molar-refractivity contribution in [2.24, 2.45) is 0 Å². The van der Waals surface area contributed by atoms with Gasteiger partial charge in [-0.1, -0.05) is 0 Å². The fourth-order valence-electron chi connectivity index (χ4n) is 4.52. The Morgan fingerprint density at radius 3 is 1.95 bits per heavy atom. The Morgan fingerprint density at radius 2 is 1.42 bits per heavy atom. The Bertz CT molecular complexity index is 1370. The van der Waals surface area contributed by atoms with Gasteiger partial charge < -0.3 is 58.7 Å². The van der Waals surface area contributed by atoms with Crippen molar-refractivity contribution >= 4 is 11.0 Å². The highest BCUT2D eigenvalue weighted by molar-refractivity contribution is 5.94. The van der Waals surface area contributed by atoms with Crippen molar-refractivity contribution in [3.05, 3.63) is 34.0 Å². The first-order valence-electron chi connectivity index (χ1n) is 11.3. The fraction of sp³-hybridized carbons (Fsp3) is 0.400. The van der Waals surface area contributed by atoms with E-state index in [1.165, 1.54) is 40.6 Å². The largest absolute Gasteiger partial charge is 0.506 e. The monoisotopic (exact) mass is 536 g/mol. The van der Waals surface area contributed by atoms with E-state index in [4.69, 9.17) is 28.1 Å². The van der Waals surface area contributed by atoms with Gasteiger partial charge in [-0.15, -0.1) is 0 Å². The molecule has 38 heavy (non-hydrogen) atoms. The Morgan fingerprint density at radius 1 is 0.816 bits per heavy atom. The average Bonchev–Trinajstić information content (AvgIpc) is 2.91. The summed E-state index contributed by atoms with van der Waals surface area (Å²) in [5.74, 6) is -1.09. The molecule has 1 saturated heterocycles. The summed E-state index contributed by atoms with van der Waals surface area (Å²) in [5, 5.41) is 62.0. The highest BCUT2D eigenvalue weighted by Crippen LogP contribution is 2.50. The number of aliphatic hydroxyl groups is 4. The Labute approximate surface area is 215 Å². The van der Waals surface area contributed by atoms with E-state index < -0.39 is 65.0 Å². The molecule has 3 aromatic rings. The zero-order valence-electron chi connectivity index (χ0n) is 20.9. The highest BCUT2D eigenvalue weighted by atomic mass is 16.5. The van der Waals surface area contributed by atoms with Gasteiger partial charge in [0.25, 0.3) is 0 Å². The van der Waals surface area contributed by atoms with E-state index in [0.717, 1.165) is 6.07 Å². The van der Waals surface area contributed by atoms with Gasteiger partial charge in [-0.25, -0.2) is 0 Å². The zero-order valence-corrected chi connectivity index (χ0v) is 20.9. The Hall–Kier alpha value is -3.75. The number of phenolic OH excluding ortho intramolecular Hbond substituents is 2. The summed E-state index contributed by atoms with van der Waals surface area (Å²) in [6.07, 6.45) is -8.32. The van der Waals surface area contributed by atoms with Crippen molar-refractivity contribution in [1.82, 2.24) is 0 Å². The molecule has 2 heterocycles. The molecule has 206 valence electrons. The summed E-state index contributed by atoms with van der Waals surface area (Å²) in [6, 6.07) is 4.14. The van der Waals surface area contributed by atoms with Gasteiger partial charge >= 0.3 is 0 Å². The van der Waals surface area contributed by atoms with Crippen LogP contribution in [0.15, 0.2) is 27.4 Å². The first kappa shape index (κ1) is 27.3. The molecule has 6 N–H and O–H groups in total. The molecule has 4 rings (SSSR count). The third-order valence-corrected chi connectivity index (χ3v) is 6.45. The number of fused-ring (bicyclic) bond motifs is 1. The lowest BCUT2D eigenvalue weighted by Gasteiger charge is -2.40. The van der Waals surface area contributed by atoms with Crippen molar-refractivity contribution < 1.29 is 58.7 Å². The van der Waals surface area contributed by atoms with Gasteiger partial charge in [0.15, 0.2) is 28.3 Å². The lowest BCUT2D eigenvalue weighted by atomic mass is 9.89. The van der Waals surface area contributed by atoms with Gasteiger partial charge in [0.05, 0.1) is 40.6 Å². The molecule has 1 aromatic heterocycles. The van der Waals surface area contributed by atoms with Gasteiger partial charge in [-0.3, -0.25) is 4.79 Å². The minimum absolute atomic E-state index is 0.000516. The van der Waals surface area contributed by atoms with Crippen molar-refractivity contribution in [3.63, 3.8) is 0 Å². The number of ether oxygens (including phenoxy) is 5. The number of hydrogen-bond acceptors (Lipinski definition) is 13. The molecule has 2 aromatic carbocycles. The normalized spacial score (nSPS) is 23.3. The van der Waals surface area contributed by atoms with Crippen molar-refractivity contribution in [1.29, 1.82) is 0 Å². The second-order valence-corrected chi connectivity index (χ2v) is 8.49. The minimum atomic E-state index is -1.85. The van der Waals surface area contributed by atoms with Gasteiger partial charge in [0, 0.05) is 11.6 Å². The molecule has 0 bridgehead atoms. The van der Waals surface area contributed by atoms with Gasteiger partial charge in [-0.2, -0.15) is 0 Å². The lowest BCUT2D eigenvalue weighted by molar-refractivity contribution is -0.232. The molecule has 0 aliphatic carbocycles. The molecule has 5 unspecified atom stereocenters. The van der Waals surface area contributed by atoms with Gasteiger partial charge in [-0.05, 0) is 12.1 Å². The van der Waals surface area contributed by atoms with Crippen LogP contribution in [0.2, 0.25) is 0 Å². The zero-order chi connectivity index (χ0) is 27.9. The van der Waals surface area contributed by atoms with Crippen molar-refractivity contribution in [3.8, 4) is 45.8 Å². The van der Waals surface area contributed by atoms with E-state index in [0.29, 0.717) is 11.3 Å². The second kappa shape index (κ2) is 10.6. The van der Waals surface area contributed by atoms with Crippen LogP contribution in [-0.4, -0.2) is 90.1 Å². The van der Waals surface area contributed by atoms with Crippen LogP contribution in [0.25, 0.3) is 22.3 Å². The predicted molar refractivity (Wildman–Crippen MR) is 130 cm³/mol. The summed E-state index contributed by atoms with van der Waals surface area (Å²) in [6.45, 7) is -0.742. The third kappa shape index (κ3) is 4.23. The van der Waals surface area contributed by atoms with Crippen LogP contribution in [0.1, 0.15) is 11.7 Å². The molecule has 1 fully saturated rings. The summed E-state index contributed by atoms with van der Waals surface area (Å²) in [4.78, 5) is 13.3. The van der Waals surface area contributed by atoms with Crippen LogP contribution < -0.4 is 24.4 Å². The maximum Gasteiger partial charge on any atom is 0.205 e. The summed E-state index contributed by atoms with van der Waals surface area (Å²) >= 11 is 0. The molecule has 5 atom stereocenters. The van der Waals surface area contributed by atoms with Gasteiger partial charge in [0.1, 0.15) is 47.4 Å². The average molecular weight is 536 g/mol. The second-order valence-electron chi connectivity index (χ2n) is 8.49. The van der Waals surface area contributed by atoms with E-state index in [1.54, 1.807) is 0 Å².